The number of likely N-dealkylation sites (tertiary alicyclic amines) is 1. The summed E-state index contributed by atoms with van der Waals surface area (Å²) < 4.78 is 16.8. The molecule has 1 aromatic carbocycles. The van der Waals surface area contributed by atoms with E-state index in [1.54, 1.807) is 35.4 Å². The second-order valence-electron chi connectivity index (χ2n) is 9.02. The lowest BCUT2D eigenvalue weighted by atomic mass is 9.86. The number of nitrogens with one attached hydrogen (secondary N) is 1. The van der Waals surface area contributed by atoms with E-state index in [1.165, 1.54) is 20.3 Å². The van der Waals surface area contributed by atoms with Gasteiger partial charge in [0.25, 0.3) is 5.91 Å². The van der Waals surface area contributed by atoms with Crippen molar-refractivity contribution in [2.75, 3.05) is 33.9 Å². The highest BCUT2D eigenvalue weighted by Gasteiger charge is 2.32. The number of methoxy groups -OCH3 is 2. The Kier molecular flexibility index (Phi) is 7.86. The fourth-order valence-corrected chi connectivity index (χ4v) is 5.02. The summed E-state index contributed by atoms with van der Waals surface area (Å²) in [5, 5.41) is 3.41. The summed E-state index contributed by atoms with van der Waals surface area (Å²) in [7, 11) is 3.07. The normalized spacial score (nSPS) is 18.8. The van der Waals surface area contributed by atoms with Crippen LogP contribution >= 0.6 is 0 Å². The Balaban J connectivity index is 1.63. The maximum Gasteiger partial charge on any atom is 0.254 e. The van der Waals surface area contributed by atoms with E-state index in [1.807, 2.05) is 0 Å². The molecule has 0 radical (unpaired) electrons. The van der Waals surface area contributed by atoms with Gasteiger partial charge in [-0.15, -0.1) is 0 Å². The molecule has 1 saturated heterocycles. The van der Waals surface area contributed by atoms with E-state index in [-0.39, 0.29) is 23.2 Å². The minimum atomic E-state index is -0.691. The number of aliphatic imine (C=N–C) groups is 1. The monoisotopic (exact) mass is 507 g/mol. The average molecular weight is 508 g/mol. The molecule has 10 nitrogen and oxygen atoms in total. The number of carbonyl (C=O) groups excluding carboxylic acids is 2. The SMILES string of the molecule is C=CC(=O)N1CCC(C2CCN=C(C(C(N)=O)=C(N)c3cc(OC)c(-c4ccco4)c(OC)c3)N2)CC1. The molecule has 4 rings (SSSR count). The van der Waals surface area contributed by atoms with Crippen LogP contribution in [0.4, 0.5) is 0 Å². The van der Waals surface area contributed by atoms with Crippen molar-refractivity contribution in [2.24, 2.45) is 22.4 Å². The van der Waals surface area contributed by atoms with Gasteiger partial charge < -0.3 is 35.6 Å². The third-order valence-corrected chi connectivity index (χ3v) is 6.96. The molecule has 3 heterocycles. The van der Waals surface area contributed by atoms with Crippen LogP contribution in [0.25, 0.3) is 17.0 Å². The predicted octanol–water partition coefficient (Wildman–Crippen LogP) is 2.30. The minimum Gasteiger partial charge on any atom is -0.496 e. The number of amidine groups is 1. The van der Waals surface area contributed by atoms with Crippen molar-refractivity contribution < 1.29 is 23.5 Å². The molecule has 0 spiro atoms. The van der Waals surface area contributed by atoms with Crippen LogP contribution in [-0.4, -0.2) is 62.4 Å². The Morgan fingerprint density at radius 2 is 1.84 bits per heavy atom. The van der Waals surface area contributed by atoms with Gasteiger partial charge >= 0.3 is 0 Å². The number of benzene rings is 1. The van der Waals surface area contributed by atoms with E-state index in [4.69, 9.17) is 25.4 Å². The summed E-state index contributed by atoms with van der Waals surface area (Å²) in [6.45, 7) is 5.44. The van der Waals surface area contributed by atoms with Crippen molar-refractivity contribution in [1.29, 1.82) is 0 Å². The first-order valence-corrected chi connectivity index (χ1v) is 12.2. The number of nitrogens with zero attached hydrogens (tertiary/aromatic N) is 2. The maximum absolute atomic E-state index is 12.6. The topological polar surface area (TPSA) is 145 Å². The van der Waals surface area contributed by atoms with Gasteiger partial charge in [0.15, 0.2) is 0 Å². The number of rotatable bonds is 8. The molecule has 37 heavy (non-hydrogen) atoms. The molecule has 1 aromatic heterocycles. The summed E-state index contributed by atoms with van der Waals surface area (Å²) in [5.41, 5.74) is 13.8. The van der Waals surface area contributed by atoms with Crippen LogP contribution in [0.2, 0.25) is 0 Å². The van der Waals surface area contributed by atoms with Crippen molar-refractivity contribution in [1.82, 2.24) is 10.2 Å². The van der Waals surface area contributed by atoms with Gasteiger partial charge in [0.05, 0.1) is 26.2 Å². The highest BCUT2D eigenvalue weighted by molar-refractivity contribution is 6.25. The fraction of sp³-hybridized carbons (Fsp3) is 0.370. The number of hydrogen-bond acceptors (Lipinski definition) is 8. The number of carbonyl (C=O) groups is 2. The van der Waals surface area contributed by atoms with Crippen LogP contribution < -0.4 is 26.3 Å². The number of nitrogens with two attached hydrogens (primary N) is 2. The van der Waals surface area contributed by atoms with Crippen molar-refractivity contribution in [3.05, 3.63) is 54.3 Å². The number of piperidine rings is 1. The predicted molar refractivity (Wildman–Crippen MR) is 141 cm³/mol. The van der Waals surface area contributed by atoms with Crippen LogP contribution in [0, 0.1) is 5.92 Å². The summed E-state index contributed by atoms with van der Waals surface area (Å²) in [6, 6.07) is 7.08. The lowest BCUT2D eigenvalue weighted by Crippen LogP contribution is -2.50. The number of furan rings is 1. The molecule has 0 aliphatic carbocycles. The number of hydrogen-bond donors (Lipinski definition) is 3. The second kappa shape index (κ2) is 11.2. The van der Waals surface area contributed by atoms with E-state index >= 15 is 0 Å². The number of amides is 2. The summed E-state index contributed by atoms with van der Waals surface area (Å²) in [6.07, 6.45) is 5.42. The summed E-state index contributed by atoms with van der Waals surface area (Å²) >= 11 is 0. The van der Waals surface area contributed by atoms with Crippen molar-refractivity contribution in [2.45, 2.75) is 25.3 Å². The molecule has 1 atom stereocenters. The van der Waals surface area contributed by atoms with E-state index in [2.05, 4.69) is 16.9 Å². The zero-order valence-electron chi connectivity index (χ0n) is 21.2. The first-order chi connectivity index (χ1) is 17.9. The molecule has 10 heteroatoms. The molecule has 2 aliphatic rings. The van der Waals surface area contributed by atoms with Crippen molar-refractivity contribution in [3.8, 4) is 22.8 Å². The van der Waals surface area contributed by atoms with E-state index in [9.17, 15) is 9.59 Å². The van der Waals surface area contributed by atoms with Crippen molar-refractivity contribution >= 4 is 23.3 Å². The van der Waals surface area contributed by atoms with Gasteiger partial charge in [0.2, 0.25) is 5.91 Å². The lowest BCUT2D eigenvalue weighted by molar-refractivity contribution is -0.127. The van der Waals surface area contributed by atoms with Gasteiger partial charge in [-0.3, -0.25) is 14.6 Å². The largest absolute Gasteiger partial charge is 0.496 e. The van der Waals surface area contributed by atoms with Gasteiger partial charge in [-0.1, -0.05) is 6.58 Å². The molecular formula is C27H33N5O5. The first kappa shape index (κ1) is 25.9. The second-order valence-corrected chi connectivity index (χ2v) is 9.02. The van der Waals surface area contributed by atoms with E-state index in [0.29, 0.717) is 59.8 Å². The number of primary amides is 1. The lowest BCUT2D eigenvalue weighted by Gasteiger charge is -2.38. The fourth-order valence-electron chi connectivity index (χ4n) is 5.02. The minimum absolute atomic E-state index is 0.0482. The molecule has 5 N–H and O–H groups in total. The van der Waals surface area contributed by atoms with Crippen molar-refractivity contribution in [3.63, 3.8) is 0 Å². The highest BCUT2D eigenvalue weighted by Crippen LogP contribution is 2.41. The smallest absolute Gasteiger partial charge is 0.254 e. The molecule has 0 saturated carbocycles. The Hall–Kier alpha value is -4.21. The quantitative estimate of drug-likeness (QED) is 0.465. The molecule has 1 fully saturated rings. The van der Waals surface area contributed by atoms with E-state index < -0.39 is 5.91 Å². The summed E-state index contributed by atoms with van der Waals surface area (Å²) in [4.78, 5) is 30.9. The highest BCUT2D eigenvalue weighted by atomic mass is 16.5. The first-order valence-electron chi connectivity index (χ1n) is 12.2. The number of ether oxygens (including phenoxy) is 2. The molecule has 0 bridgehead atoms. The Morgan fingerprint density at radius 1 is 1.16 bits per heavy atom. The van der Waals surface area contributed by atoms with Crippen LogP contribution in [0.5, 0.6) is 11.5 Å². The molecule has 2 aliphatic heterocycles. The van der Waals surface area contributed by atoms with Crippen LogP contribution in [0.1, 0.15) is 24.8 Å². The standard InChI is InChI=1S/C27H33N5O5/c1-4-22(33)32-11-8-16(9-12-32)18-7-10-30-27(31-18)24(26(29)34)25(28)17-14-20(35-2)23(21(15-17)36-3)19-6-5-13-37-19/h4-6,13-16,18H,1,7-12,28H2,2-3H3,(H2,29,34)(H,30,31). The average Bonchev–Trinajstić information content (AvgIpc) is 3.46. The van der Waals surface area contributed by atoms with Gasteiger partial charge in [0.1, 0.15) is 34.2 Å². The van der Waals surface area contributed by atoms with Gasteiger partial charge in [-0.25, -0.2) is 0 Å². The summed E-state index contributed by atoms with van der Waals surface area (Å²) in [5.74, 6) is 1.46. The van der Waals surface area contributed by atoms with Crippen LogP contribution in [0.15, 0.2) is 58.2 Å². The molecule has 196 valence electrons. The van der Waals surface area contributed by atoms with Gasteiger partial charge in [-0.05, 0) is 55.5 Å². The Labute approximate surface area is 216 Å². The Morgan fingerprint density at radius 3 is 2.38 bits per heavy atom. The van der Waals surface area contributed by atoms with Gasteiger partial charge in [0, 0.05) is 31.2 Å². The zero-order chi connectivity index (χ0) is 26.5. The molecule has 2 amide bonds. The maximum atomic E-state index is 12.6. The Bertz CT molecular complexity index is 1200. The molecule has 1 unspecified atom stereocenters. The molecule has 2 aromatic rings. The molecular weight excluding hydrogens is 474 g/mol. The van der Waals surface area contributed by atoms with Gasteiger partial charge in [-0.2, -0.15) is 0 Å². The third-order valence-electron chi connectivity index (χ3n) is 6.96. The van der Waals surface area contributed by atoms with E-state index in [0.717, 1.165) is 19.3 Å². The van der Waals surface area contributed by atoms with Crippen LogP contribution in [0.3, 0.4) is 0 Å². The van der Waals surface area contributed by atoms with Crippen LogP contribution in [-0.2, 0) is 9.59 Å². The third kappa shape index (κ3) is 5.32. The zero-order valence-corrected chi connectivity index (χ0v) is 21.2.